The number of ether oxygens (including phenoxy) is 2. The van der Waals surface area contributed by atoms with Crippen molar-refractivity contribution in [3.8, 4) is 0 Å². The smallest absolute Gasteiger partial charge is 0.462 e. The second-order valence-electron chi connectivity index (χ2n) is 14.9. The van der Waals surface area contributed by atoms with Gasteiger partial charge in [0.2, 0.25) is 0 Å². The molecule has 0 aliphatic carbocycles. The van der Waals surface area contributed by atoms with E-state index in [1.807, 2.05) is 0 Å². The number of hydrogen-bond acceptors (Lipinski definition) is 8. The highest BCUT2D eigenvalue weighted by Gasteiger charge is 2.26. The molecular weight excluding hydrogens is 725 g/mol. The van der Waals surface area contributed by atoms with E-state index in [9.17, 15) is 19.0 Å². The van der Waals surface area contributed by atoms with Crippen LogP contribution in [0.3, 0.4) is 0 Å². The number of allylic oxidation sites excluding steroid dienone is 8. The molecule has 10 heteroatoms. The fourth-order valence-electron chi connectivity index (χ4n) is 6.16. The zero-order chi connectivity index (χ0) is 41.1. The average molecular weight is 810 g/mol. The quantitative estimate of drug-likeness (QED) is 0.0267. The van der Waals surface area contributed by atoms with Crippen LogP contribution in [-0.2, 0) is 32.7 Å². The van der Waals surface area contributed by atoms with E-state index in [1.165, 1.54) is 96.3 Å². The van der Waals surface area contributed by atoms with Crippen LogP contribution < -0.4 is 5.73 Å². The molecule has 0 aromatic carbocycles. The fourth-order valence-corrected chi connectivity index (χ4v) is 6.92. The largest absolute Gasteiger partial charge is 0.472 e. The average Bonchev–Trinajstić information content (AvgIpc) is 3.18. The zero-order valence-corrected chi connectivity index (χ0v) is 36.8. The summed E-state index contributed by atoms with van der Waals surface area (Å²) in [6.45, 7) is 3.61. The summed E-state index contributed by atoms with van der Waals surface area (Å²) in [4.78, 5) is 34.9. The molecule has 0 heterocycles. The Hall–Kier alpha value is -2.03. The van der Waals surface area contributed by atoms with Crippen LogP contribution in [0.1, 0.15) is 200 Å². The molecule has 0 aromatic rings. The number of phosphoric ester groups is 1. The molecule has 2 unspecified atom stereocenters. The van der Waals surface area contributed by atoms with Crippen molar-refractivity contribution in [1.82, 2.24) is 0 Å². The molecule has 0 aliphatic heterocycles. The summed E-state index contributed by atoms with van der Waals surface area (Å²) in [5.74, 6) is -0.852. The van der Waals surface area contributed by atoms with Gasteiger partial charge >= 0.3 is 19.8 Å². The van der Waals surface area contributed by atoms with Crippen LogP contribution in [-0.4, -0.2) is 49.3 Å². The number of carbonyl (C=O) groups is 2. The van der Waals surface area contributed by atoms with E-state index in [-0.39, 0.29) is 38.6 Å². The van der Waals surface area contributed by atoms with Gasteiger partial charge in [-0.3, -0.25) is 18.6 Å². The third-order valence-corrected chi connectivity index (χ3v) is 10.5. The van der Waals surface area contributed by atoms with E-state index in [0.29, 0.717) is 6.42 Å². The van der Waals surface area contributed by atoms with Gasteiger partial charge in [-0.2, -0.15) is 0 Å². The predicted octanol–water partition coefficient (Wildman–Crippen LogP) is 13.1. The number of unbranched alkanes of at least 4 members (excludes halogenated alkanes) is 21. The van der Waals surface area contributed by atoms with E-state index in [0.717, 1.165) is 70.6 Å². The molecule has 0 bridgehead atoms. The van der Waals surface area contributed by atoms with Crippen LogP contribution in [0.4, 0.5) is 0 Å². The Kier molecular flexibility index (Phi) is 41.0. The van der Waals surface area contributed by atoms with Crippen molar-refractivity contribution in [2.75, 3.05) is 26.4 Å². The molecule has 0 spiro atoms. The lowest BCUT2D eigenvalue weighted by atomic mass is 10.0. The van der Waals surface area contributed by atoms with Gasteiger partial charge in [0, 0.05) is 19.4 Å². The molecule has 2 atom stereocenters. The van der Waals surface area contributed by atoms with Gasteiger partial charge in [0.1, 0.15) is 6.61 Å². The van der Waals surface area contributed by atoms with Gasteiger partial charge in [0.05, 0.1) is 13.2 Å². The number of carbonyl (C=O) groups excluding carboxylic acids is 2. The number of phosphoric acid groups is 1. The van der Waals surface area contributed by atoms with E-state index in [4.69, 9.17) is 24.3 Å². The second-order valence-corrected chi connectivity index (χ2v) is 16.3. The Balaban J connectivity index is 4.15. The van der Waals surface area contributed by atoms with Crippen molar-refractivity contribution >= 4 is 19.8 Å². The number of esters is 2. The van der Waals surface area contributed by atoms with Crippen molar-refractivity contribution in [2.45, 2.75) is 206 Å². The normalized spacial score (nSPS) is 13.7. The molecule has 0 radical (unpaired) electrons. The maximum absolute atomic E-state index is 12.6. The van der Waals surface area contributed by atoms with Crippen molar-refractivity contribution < 1.29 is 37.6 Å². The standard InChI is InChI=1S/C46H84NO8P/c1-3-5-7-9-11-13-15-17-19-21-23-24-26-28-30-32-34-36-38-45(48)52-42-44(43-54-56(50,51)53-41-40-47)55-46(49)39-37-35-33-31-29-27-25-22-20-18-16-14-12-10-8-6-4-2/h6,8,12,14,18,20,25,27,44H,3-5,7,9-11,13,15-17,19,21-24,26,28-43,47H2,1-2H3,(H,50,51)/b8-6-,14-12-,20-18-,27-25-. The predicted molar refractivity (Wildman–Crippen MR) is 233 cm³/mol. The van der Waals surface area contributed by atoms with Crippen molar-refractivity contribution in [3.63, 3.8) is 0 Å². The highest BCUT2D eigenvalue weighted by atomic mass is 31.2. The molecule has 0 rings (SSSR count). The van der Waals surface area contributed by atoms with E-state index in [2.05, 4.69) is 62.5 Å². The Labute approximate surface area is 343 Å². The Morgan fingerprint density at radius 2 is 0.982 bits per heavy atom. The van der Waals surface area contributed by atoms with Gasteiger partial charge in [0.15, 0.2) is 6.10 Å². The summed E-state index contributed by atoms with van der Waals surface area (Å²) >= 11 is 0. The molecule has 0 saturated heterocycles. The first-order chi connectivity index (χ1) is 27.3. The lowest BCUT2D eigenvalue weighted by Gasteiger charge is -2.19. The topological polar surface area (TPSA) is 134 Å². The molecule has 0 saturated carbocycles. The maximum Gasteiger partial charge on any atom is 0.472 e. The molecular formula is C46H84NO8P. The van der Waals surface area contributed by atoms with Crippen LogP contribution >= 0.6 is 7.82 Å². The van der Waals surface area contributed by atoms with E-state index < -0.39 is 26.5 Å². The third kappa shape index (κ3) is 41.6. The van der Waals surface area contributed by atoms with Crippen LogP contribution in [0.2, 0.25) is 0 Å². The molecule has 3 N–H and O–H groups in total. The molecule has 0 fully saturated rings. The van der Waals surface area contributed by atoms with Crippen molar-refractivity contribution in [1.29, 1.82) is 0 Å². The van der Waals surface area contributed by atoms with Gasteiger partial charge in [-0.1, -0.05) is 184 Å². The molecule has 0 amide bonds. The fraction of sp³-hybridized carbons (Fsp3) is 0.783. The monoisotopic (exact) mass is 810 g/mol. The van der Waals surface area contributed by atoms with Crippen LogP contribution in [0.25, 0.3) is 0 Å². The summed E-state index contributed by atoms with van der Waals surface area (Å²) in [5.41, 5.74) is 5.35. The zero-order valence-electron chi connectivity index (χ0n) is 35.9. The number of hydrogen-bond donors (Lipinski definition) is 2. The molecule has 0 aromatic heterocycles. The third-order valence-electron chi connectivity index (χ3n) is 9.48. The van der Waals surface area contributed by atoms with E-state index >= 15 is 0 Å². The van der Waals surface area contributed by atoms with Gasteiger partial charge in [-0.15, -0.1) is 0 Å². The van der Waals surface area contributed by atoms with Crippen LogP contribution in [0, 0.1) is 0 Å². The summed E-state index contributed by atoms with van der Waals surface area (Å²) in [5, 5.41) is 0. The lowest BCUT2D eigenvalue weighted by molar-refractivity contribution is -0.161. The molecule has 9 nitrogen and oxygen atoms in total. The lowest BCUT2D eigenvalue weighted by Crippen LogP contribution is -2.29. The molecule has 326 valence electrons. The Morgan fingerprint density at radius 3 is 1.46 bits per heavy atom. The number of nitrogens with two attached hydrogens (primary N) is 1. The van der Waals surface area contributed by atoms with Crippen LogP contribution in [0.5, 0.6) is 0 Å². The summed E-state index contributed by atoms with van der Waals surface area (Å²) in [7, 11) is -4.38. The summed E-state index contributed by atoms with van der Waals surface area (Å²) in [6, 6.07) is 0. The first-order valence-corrected chi connectivity index (χ1v) is 24.1. The minimum Gasteiger partial charge on any atom is -0.462 e. The minimum atomic E-state index is -4.38. The highest BCUT2D eigenvalue weighted by molar-refractivity contribution is 7.47. The first kappa shape index (κ1) is 54.0. The Morgan fingerprint density at radius 1 is 0.554 bits per heavy atom. The van der Waals surface area contributed by atoms with Gasteiger partial charge in [-0.25, -0.2) is 4.57 Å². The summed E-state index contributed by atoms with van der Waals surface area (Å²) < 4.78 is 32.8. The minimum absolute atomic E-state index is 0.0484. The molecule has 56 heavy (non-hydrogen) atoms. The Bertz CT molecular complexity index is 1060. The maximum atomic E-state index is 12.6. The molecule has 0 aliphatic rings. The summed E-state index contributed by atoms with van der Waals surface area (Å²) in [6.07, 6.45) is 48.5. The second kappa shape index (κ2) is 42.6. The van der Waals surface area contributed by atoms with Gasteiger partial charge < -0.3 is 20.1 Å². The van der Waals surface area contributed by atoms with Crippen molar-refractivity contribution in [3.05, 3.63) is 48.6 Å². The number of rotatable bonds is 42. The van der Waals surface area contributed by atoms with E-state index in [1.54, 1.807) is 0 Å². The van der Waals surface area contributed by atoms with Gasteiger partial charge in [0.25, 0.3) is 0 Å². The SMILES string of the molecule is CC/C=C\C/C=C\C/C=C\C/C=C\CCCCCCC(=O)OC(COC(=O)CCCCCCCCCCCCCCCCCCCC)COP(=O)(O)OCCN. The highest BCUT2D eigenvalue weighted by Crippen LogP contribution is 2.43. The van der Waals surface area contributed by atoms with Gasteiger partial charge in [-0.05, 0) is 51.4 Å². The van der Waals surface area contributed by atoms with Crippen LogP contribution in [0.15, 0.2) is 48.6 Å². The first-order valence-electron chi connectivity index (χ1n) is 22.6. The van der Waals surface area contributed by atoms with Crippen molar-refractivity contribution in [2.24, 2.45) is 5.73 Å².